The second-order valence-corrected chi connectivity index (χ2v) is 8.05. The zero-order valence-electron chi connectivity index (χ0n) is 19.2. The molecule has 0 saturated carbocycles. The van der Waals surface area contributed by atoms with E-state index in [4.69, 9.17) is 14.5 Å². The standard InChI is InChI=1S/C24H37N5O2/c1-4-25-24(27-11-5-6-13-29-14-12-26-20(29)3)28-17-21-10-9-19(2)16-23(21)31-18-22-8-7-15-30-22/h9-10,12,14,16,22H,4-8,11,13,15,17-18H2,1-3H3,(H2,25,27,28). The highest BCUT2D eigenvalue weighted by molar-refractivity contribution is 5.79. The molecule has 1 saturated heterocycles. The van der Waals surface area contributed by atoms with Gasteiger partial charge in [-0.1, -0.05) is 12.1 Å². The smallest absolute Gasteiger partial charge is 0.191 e. The predicted molar refractivity (Wildman–Crippen MR) is 125 cm³/mol. The van der Waals surface area contributed by atoms with Gasteiger partial charge in [0.25, 0.3) is 0 Å². The monoisotopic (exact) mass is 427 g/mol. The highest BCUT2D eigenvalue weighted by Crippen LogP contribution is 2.23. The molecule has 31 heavy (non-hydrogen) atoms. The zero-order chi connectivity index (χ0) is 21.9. The van der Waals surface area contributed by atoms with Gasteiger partial charge in [0.05, 0.1) is 12.6 Å². The molecular formula is C24H37N5O2. The summed E-state index contributed by atoms with van der Waals surface area (Å²) in [6, 6.07) is 6.32. The Labute approximate surface area is 186 Å². The molecule has 0 radical (unpaired) electrons. The second kappa shape index (κ2) is 12.3. The van der Waals surface area contributed by atoms with E-state index in [9.17, 15) is 0 Å². The van der Waals surface area contributed by atoms with Crippen molar-refractivity contribution in [2.24, 2.45) is 4.99 Å². The first-order valence-electron chi connectivity index (χ1n) is 11.5. The summed E-state index contributed by atoms with van der Waals surface area (Å²) < 4.78 is 14.0. The van der Waals surface area contributed by atoms with Crippen molar-refractivity contribution in [2.75, 3.05) is 26.3 Å². The van der Waals surface area contributed by atoms with Gasteiger partial charge in [-0.25, -0.2) is 9.98 Å². The number of aliphatic imine (C=N–C) groups is 1. The molecule has 1 aromatic carbocycles. The van der Waals surface area contributed by atoms with E-state index >= 15 is 0 Å². The number of rotatable bonds is 11. The fraction of sp³-hybridized carbons (Fsp3) is 0.583. The predicted octanol–water partition coefficient (Wildman–Crippen LogP) is 3.59. The highest BCUT2D eigenvalue weighted by Gasteiger charge is 2.17. The third-order valence-corrected chi connectivity index (χ3v) is 5.46. The van der Waals surface area contributed by atoms with Crippen LogP contribution < -0.4 is 15.4 Å². The minimum absolute atomic E-state index is 0.210. The molecule has 0 spiro atoms. The number of aryl methyl sites for hydroxylation is 3. The van der Waals surface area contributed by atoms with Gasteiger partial charge in [0.1, 0.15) is 18.2 Å². The van der Waals surface area contributed by atoms with Gasteiger partial charge < -0.3 is 24.7 Å². The maximum Gasteiger partial charge on any atom is 0.191 e. The molecule has 1 atom stereocenters. The number of imidazole rings is 1. The van der Waals surface area contributed by atoms with Crippen LogP contribution in [0.2, 0.25) is 0 Å². The van der Waals surface area contributed by atoms with Crippen LogP contribution in [0.1, 0.15) is 49.6 Å². The molecule has 0 amide bonds. The second-order valence-electron chi connectivity index (χ2n) is 8.05. The number of aromatic nitrogens is 2. The van der Waals surface area contributed by atoms with E-state index in [2.05, 4.69) is 52.2 Å². The average Bonchev–Trinajstić information content (AvgIpc) is 3.43. The van der Waals surface area contributed by atoms with E-state index in [1.807, 2.05) is 19.3 Å². The van der Waals surface area contributed by atoms with E-state index in [1.54, 1.807) is 0 Å². The quantitative estimate of drug-likeness (QED) is 0.326. The summed E-state index contributed by atoms with van der Waals surface area (Å²) in [7, 11) is 0. The minimum atomic E-state index is 0.210. The Morgan fingerprint density at radius 1 is 1.29 bits per heavy atom. The van der Waals surface area contributed by atoms with E-state index in [0.717, 1.165) is 75.0 Å². The summed E-state index contributed by atoms with van der Waals surface area (Å²) in [6.07, 6.45) is 8.47. The Morgan fingerprint density at radius 2 is 2.19 bits per heavy atom. The molecule has 1 aliphatic heterocycles. The largest absolute Gasteiger partial charge is 0.491 e. The number of unbranched alkanes of at least 4 members (excludes halogenated alkanes) is 1. The maximum atomic E-state index is 6.11. The van der Waals surface area contributed by atoms with Crippen molar-refractivity contribution in [2.45, 2.75) is 65.6 Å². The first kappa shape index (κ1) is 23.1. The normalized spacial score (nSPS) is 16.5. The van der Waals surface area contributed by atoms with Gasteiger partial charge in [0.2, 0.25) is 0 Å². The van der Waals surface area contributed by atoms with Gasteiger partial charge in [-0.2, -0.15) is 0 Å². The van der Waals surface area contributed by atoms with Gasteiger partial charge in [0, 0.05) is 44.2 Å². The maximum absolute atomic E-state index is 6.11. The van der Waals surface area contributed by atoms with Crippen molar-refractivity contribution in [3.8, 4) is 5.75 Å². The van der Waals surface area contributed by atoms with Crippen LogP contribution in [0.5, 0.6) is 5.75 Å². The zero-order valence-corrected chi connectivity index (χ0v) is 19.2. The first-order valence-corrected chi connectivity index (χ1v) is 11.5. The number of nitrogens with one attached hydrogen (secondary N) is 2. The summed E-state index contributed by atoms with van der Waals surface area (Å²) in [4.78, 5) is 9.05. The van der Waals surface area contributed by atoms with Crippen molar-refractivity contribution in [3.05, 3.63) is 47.5 Å². The van der Waals surface area contributed by atoms with Gasteiger partial charge in [0.15, 0.2) is 5.96 Å². The van der Waals surface area contributed by atoms with E-state index < -0.39 is 0 Å². The van der Waals surface area contributed by atoms with Crippen molar-refractivity contribution in [3.63, 3.8) is 0 Å². The molecule has 1 aliphatic rings. The Balaban J connectivity index is 1.49. The number of benzene rings is 1. The Hall–Kier alpha value is -2.54. The number of guanidine groups is 1. The third kappa shape index (κ3) is 7.58. The van der Waals surface area contributed by atoms with Crippen LogP contribution in [-0.4, -0.2) is 47.9 Å². The summed E-state index contributed by atoms with van der Waals surface area (Å²) in [5.41, 5.74) is 2.28. The fourth-order valence-corrected chi connectivity index (χ4v) is 3.65. The fourth-order valence-electron chi connectivity index (χ4n) is 3.65. The van der Waals surface area contributed by atoms with Crippen molar-refractivity contribution >= 4 is 5.96 Å². The van der Waals surface area contributed by atoms with Crippen LogP contribution >= 0.6 is 0 Å². The molecule has 170 valence electrons. The lowest BCUT2D eigenvalue weighted by atomic mass is 10.1. The Kier molecular flexibility index (Phi) is 9.21. The molecule has 2 N–H and O–H groups in total. The summed E-state index contributed by atoms with van der Waals surface area (Å²) >= 11 is 0. The molecule has 7 nitrogen and oxygen atoms in total. The van der Waals surface area contributed by atoms with Crippen molar-refractivity contribution in [1.29, 1.82) is 0 Å². The SMILES string of the molecule is CCNC(=NCc1ccc(C)cc1OCC1CCCO1)NCCCCn1ccnc1C. The van der Waals surface area contributed by atoms with Crippen LogP contribution in [0.3, 0.4) is 0 Å². The van der Waals surface area contributed by atoms with Crippen LogP contribution in [0, 0.1) is 13.8 Å². The van der Waals surface area contributed by atoms with Crippen molar-refractivity contribution in [1.82, 2.24) is 20.2 Å². The summed E-state index contributed by atoms with van der Waals surface area (Å²) in [5.74, 6) is 2.82. The highest BCUT2D eigenvalue weighted by atomic mass is 16.5. The average molecular weight is 428 g/mol. The molecule has 1 fully saturated rings. The topological polar surface area (TPSA) is 72.7 Å². The molecule has 7 heteroatoms. The molecule has 0 aliphatic carbocycles. The first-order chi connectivity index (χ1) is 15.2. The molecule has 2 heterocycles. The molecule has 3 rings (SSSR count). The number of ether oxygens (including phenoxy) is 2. The lowest BCUT2D eigenvalue weighted by molar-refractivity contribution is 0.0676. The molecule has 2 aromatic rings. The number of nitrogens with zero attached hydrogens (tertiary/aromatic N) is 3. The molecular weight excluding hydrogens is 390 g/mol. The van der Waals surface area contributed by atoms with Gasteiger partial charge in [-0.05, 0) is 58.1 Å². The minimum Gasteiger partial charge on any atom is -0.491 e. The molecule has 1 aromatic heterocycles. The number of hydrogen-bond acceptors (Lipinski definition) is 4. The van der Waals surface area contributed by atoms with Crippen LogP contribution in [-0.2, 0) is 17.8 Å². The summed E-state index contributed by atoms with van der Waals surface area (Å²) in [5, 5.41) is 6.78. The van der Waals surface area contributed by atoms with Crippen LogP contribution in [0.25, 0.3) is 0 Å². The number of hydrogen-bond donors (Lipinski definition) is 2. The lowest BCUT2D eigenvalue weighted by Gasteiger charge is -2.15. The summed E-state index contributed by atoms with van der Waals surface area (Å²) in [6.45, 7) is 10.9. The molecule has 1 unspecified atom stereocenters. The van der Waals surface area contributed by atoms with Gasteiger partial charge in [-0.15, -0.1) is 0 Å². The van der Waals surface area contributed by atoms with Crippen molar-refractivity contribution < 1.29 is 9.47 Å². The van der Waals surface area contributed by atoms with E-state index in [0.29, 0.717) is 13.2 Å². The van der Waals surface area contributed by atoms with E-state index in [1.165, 1.54) is 5.56 Å². The Bertz CT molecular complexity index is 827. The van der Waals surface area contributed by atoms with Crippen LogP contribution in [0.4, 0.5) is 0 Å². The van der Waals surface area contributed by atoms with Gasteiger partial charge >= 0.3 is 0 Å². The Morgan fingerprint density at radius 3 is 2.94 bits per heavy atom. The van der Waals surface area contributed by atoms with E-state index in [-0.39, 0.29) is 6.10 Å². The molecule has 0 bridgehead atoms. The third-order valence-electron chi connectivity index (χ3n) is 5.46. The van der Waals surface area contributed by atoms with Crippen LogP contribution in [0.15, 0.2) is 35.6 Å². The lowest BCUT2D eigenvalue weighted by Crippen LogP contribution is -2.37. The van der Waals surface area contributed by atoms with Gasteiger partial charge in [-0.3, -0.25) is 0 Å².